The molecule has 1 aliphatic rings. The maximum atomic E-state index is 6.01. The standard InChI is InChI=1S/C15H25BrN4/c1-3-12(2)19-4-6-20(7-5-19)15(9-17)13-8-14(16)11-18-10-13/h8,10-12,15H,3-7,9,17H2,1-2H3. The van der Waals surface area contributed by atoms with Gasteiger partial charge in [0.2, 0.25) is 0 Å². The Kier molecular flexibility index (Phi) is 5.96. The van der Waals surface area contributed by atoms with Crippen LogP contribution in [0.25, 0.3) is 0 Å². The molecule has 1 aliphatic heterocycles. The van der Waals surface area contributed by atoms with Gasteiger partial charge in [0, 0.05) is 61.7 Å². The number of hydrogen-bond donors (Lipinski definition) is 1. The number of rotatable bonds is 5. The summed E-state index contributed by atoms with van der Waals surface area (Å²) in [5.74, 6) is 0. The van der Waals surface area contributed by atoms with Crippen molar-refractivity contribution in [3.05, 3.63) is 28.5 Å². The van der Waals surface area contributed by atoms with Gasteiger partial charge in [-0.15, -0.1) is 0 Å². The van der Waals surface area contributed by atoms with Crippen LogP contribution >= 0.6 is 15.9 Å². The molecule has 0 spiro atoms. The second-order valence-corrected chi connectivity index (χ2v) is 6.43. The molecule has 2 unspecified atom stereocenters. The summed E-state index contributed by atoms with van der Waals surface area (Å²) in [6, 6.07) is 3.09. The normalized spacial score (nSPS) is 20.8. The van der Waals surface area contributed by atoms with Crippen LogP contribution in [0, 0.1) is 0 Å². The van der Waals surface area contributed by atoms with E-state index in [-0.39, 0.29) is 6.04 Å². The van der Waals surface area contributed by atoms with Crippen LogP contribution in [0.15, 0.2) is 22.9 Å². The van der Waals surface area contributed by atoms with Crippen molar-refractivity contribution >= 4 is 15.9 Å². The van der Waals surface area contributed by atoms with Crippen molar-refractivity contribution in [2.24, 2.45) is 5.73 Å². The zero-order valence-electron chi connectivity index (χ0n) is 12.4. The molecule has 0 aliphatic carbocycles. The SMILES string of the molecule is CCC(C)N1CCN(C(CN)c2cncc(Br)c2)CC1. The third-order valence-electron chi connectivity index (χ3n) is 4.34. The number of aromatic nitrogens is 1. The van der Waals surface area contributed by atoms with Crippen molar-refractivity contribution < 1.29 is 0 Å². The van der Waals surface area contributed by atoms with Gasteiger partial charge in [-0.25, -0.2) is 0 Å². The summed E-state index contributed by atoms with van der Waals surface area (Å²) < 4.78 is 1.02. The van der Waals surface area contributed by atoms with Gasteiger partial charge in [0.1, 0.15) is 0 Å². The van der Waals surface area contributed by atoms with E-state index in [0.717, 1.165) is 30.7 Å². The van der Waals surface area contributed by atoms with E-state index in [1.807, 2.05) is 12.4 Å². The lowest BCUT2D eigenvalue weighted by molar-refractivity contribution is 0.0742. The number of hydrogen-bond acceptors (Lipinski definition) is 4. The molecular formula is C15H25BrN4. The average molecular weight is 341 g/mol. The molecule has 0 saturated carbocycles. The summed E-state index contributed by atoms with van der Waals surface area (Å²) in [7, 11) is 0. The Balaban J connectivity index is 2.00. The molecule has 2 heterocycles. The molecule has 1 aromatic heterocycles. The predicted molar refractivity (Wildman–Crippen MR) is 86.6 cm³/mol. The van der Waals surface area contributed by atoms with Crippen molar-refractivity contribution in [2.45, 2.75) is 32.4 Å². The van der Waals surface area contributed by atoms with Gasteiger partial charge in [-0.1, -0.05) is 6.92 Å². The monoisotopic (exact) mass is 340 g/mol. The molecule has 0 amide bonds. The third-order valence-corrected chi connectivity index (χ3v) is 4.77. The van der Waals surface area contributed by atoms with E-state index in [1.165, 1.54) is 12.0 Å². The predicted octanol–water partition coefficient (Wildman–Crippen LogP) is 2.26. The van der Waals surface area contributed by atoms with Crippen LogP contribution < -0.4 is 5.73 Å². The second-order valence-electron chi connectivity index (χ2n) is 5.52. The minimum atomic E-state index is 0.277. The lowest BCUT2D eigenvalue weighted by Gasteiger charge is -2.41. The zero-order chi connectivity index (χ0) is 14.5. The molecule has 2 N–H and O–H groups in total. The topological polar surface area (TPSA) is 45.4 Å². The minimum Gasteiger partial charge on any atom is -0.329 e. The first-order valence-corrected chi connectivity index (χ1v) is 8.23. The number of pyridine rings is 1. The van der Waals surface area contributed by atoms with E-state index in [1.54, 1.807) is 0 Å². The van der Waals surface area contributed by atoms with Gasteiger partial charge in [-0.2, -0.15) is 0 Å². The lowest BCUT2D eigenvalue weighted by atomic mass is 10.1. The largest absolute Gasteiger partial charge is 0.329 e. The third kappa shape index (κ3) is 3.79. The van der Waals surface area contributed by atoms with Gasteiger partial charge < -0.3 is 5.73 Å². The van der Waals surface area contributed by atoms with E-state index >= 15 is 0 Å². The molecule has 1 saturated heterocycles. The Morgan fingerprint density at radius 2 is 1.90 bits per heavy atom. The number of nitrogens with zero attached hydrogens (tertiary/aromatic N) is 3. The molecule has 1 fully saturated rings. The van der Waals surface area contributed by atoms with Gasteiger partial charge in [0.05, 0.1) is 0 Å². The van der Waals surface area contributed by atoms with Crippen molar-refractivity contribution in [3.63, 3.8) is 0 Å². The smallest absolute Gasteiger partial charge is 0.0487 e. The van der Waals surface area contributed by atoms with Gasteiger partial charge in [-0.05, 0) is 40.9 Å². The first-order chi connectivity index (χ1) is 9.65. The van der Waals surface area contributed by atoms with E-state index < -0.39 is 0 Å². The molecule has 0 radical (unpaired) electrons. The second kappa shape index (κ2) is 7.50. The number of piperazine rings is 1. The van der Waals surface area contributed by atoms with E-state index in [4.69, 9.17) is 5.73 Å². The van der Waals surface area contributed by atoms with Crippen LogP contribution in [-0.2, 0) is 0 Å². The highest BCUT2D eigenvalue weighted by molar-refractivity contribution is 9.10. The van der Waals surface area contributed by atoms with Crippen molar-refractivity contribution in [3.8, 4) is 0 Å². The molecule has 20 heavy (non-hydrogen) atoms. The summed E-state index contributed by atoms with van der Waals surface area (Å²) in [5, 5.41) is 0. The van der Waals surface area contributed by atoms with Gasteiger partial charge in [-0.3, -0.25) is 14.8 Å². The Hall–Kier alpha value is -0.490. The summed E-state index contributed by atoms with van der Waals surface area (Å²) in [6.07, 6.45) is 4.97. The van der Waals surface area contributed by atoms with Crippen LogP contribution in [0.2, 0.25) is 0 Å². The molecule has 4 nitrogen and oxygen atoms in total. The molecule has 1 aromatic rings. The number of halogens is 1. The Morgan fingerprint density at radius 1 is 1.25 bits per heavy atom. The van der Waals surface area contributed by atoms with Gasteiger partial charge in [0.15, 0.2) is 0 Å². The van der Waals surface area contributed by atoms with Crippen LogP contribution in [0.5, 0.6) is 0 Å². The first-order valence-electron chi connectivity index (χ1n) is 7.44. The highest BCUT2D eigenvalue weighted by Gasteiger charge is 2.25. The Bertz CT molecular complexity index is 418. The van der Waals surface area contributed by atoms with Crippen molar-refractivity contribution in [1.29, 1.82) is 0 Å². The molecule has 2 rings (SSSR count). The summed E-state index contributed by atoms with van der Waals surface area (Å²) in [4.78, 5) is 9.33. The van der Waals surface area contributed by atoms with Crippen LogP contribution in [0.4, 0.5) is 0 Å². The van der Waals surface area contributed by atoms with E-state index in [0.29, 0.717) is 12.6 Å². The van der Waals surface area contributed by atoms with Crippen LogP contribution in [0.3, 0.4) is 0 Å². The maximum Gasteiger partial charge on any atom is 0.0487 e. The Morgan fingerprint density at radius 3 is 2.45 bits per heavy atom. The van der Waals surface area contributed by atoms with Crippen LogP contribution in [-0.4, -0.2) is 53.5 Å². The quantitative estimate of drug-likeness (QED) is 0.892. The fraction of sp³-hybridized carbons (Fsp3) is 0.667. The highest BCUT2D eigenvalue weighted by Crippen LogP contribution is 2.23. The molecule has 112 valence electrons. The minimum absolute atomic E-state index is 0.277. The Labute approximate surface area is 130 Å². The summed E-state index contributed by atoms with van der Waals surface area (Å²) >= 11 is 3.49. The molecule has 2 atom stereocenters. The lowest BCUT2D eigenvalue weighted by Crippen LogP contribution is -2.51. The van der Waals surface area contributed by atoms with E-state index in [2.05, 4.69) is 50.6 Å². The van der Waals surface area contributed by atoms with E-state index in [9.17, 15) is 0 Å². The molecule has 0 bridgehead atoms. The van der Waals surface area contributed by atoms with Gasteiger partial charge in [0.25, 0.3) is 0 Å². The summed E-state index contributed by atoms with van der Waals surface area (Å²) in [5.41, 5.74) is 7.22. The van der Waals surface area contributed by atoms with Crippen molar-refractivity contribution in [2.75, 3.05) is 32.7 Å². The summed E-state index contributed by atoms with van der Waals surface area (Å²) in [6.45, 7) is 9.64. The number of nitrogens with two attached hydrogens (primary N) is 1. The highest BCUT2D eigenvalue weighted by atomic mass is 79.9. The molecule has 5 heteroatoms. The van der Waals surface area contributed by atoms with Gasteiger partial charge >= 0.3 is 0 Å². The molecule has 0 aromatic carbocycles. The fourth-order valence-corrected chi connectivity index (χ4v) is 3.24. The fourth-order valence-electron chi connectivity index (χ4n) is 2.85. The average Bonchev–Trinajstić information content (AvgIpc) is 2.48. The first kappa shape index (κ1) is 15.9. The molecular weight excluding hydrogens is 316 g/mol. The van der Waals surface area contributed by atoms with Crippen molar-refractivity contribution in [1.82, 2.24) is 14.8 Å². The maximum absolute atomic E-state index is 6.01. The zero-order valence-corrected chi connectivity index (χ0v) is 14.0. The van der Waals surface area contributed by atoms with Crippen LogP contribution in [0.1, 0.15) is 31.9 Å².